The molecule has 0 aliphatic carbocycles. The highest BCUT2D eigenvalue weighted by molar-refractivity contribution is 6.30. The summed E-state index contributed by atoms with van der Waals surface area (Å²) < 4.78 is 18.2. The fourth-order valence-electron chi connectivity index (χ4n) is 4.09. The first kappa shape index (κ1) is 21.1. The molecule has 0 bridgehead atoms. The van der Waals surface area contributed by atoms with Gasteiger partial charge in [-0.15, -0.1) is 5.10 Å². The van der Waals surface area contributed by atoms with Crippen LogP contribution in [0.4, 0.5) is 10.3 Å². The van der Waals surface area contributed by atoms with Gasteiger partial charge in [0, 0.05) is 11.3 Å². The Morgan fingerprint density at radius 3 is 2.74 bits per heavy atom. The van der Waals surface area contributed by atoms with Crippen molar-refractivity contribution in [3.05, 3.63) is 94.3 Å². The lowest BCUT2D eigenvalue weighted by Crippen LogP contribution is -2.21. The molecule has 4 heterocycles. The molecule has 5 aromatic rings. The molecule has 11 nitrogen and oxygen atoms in total. The first-order valence-electron chi connectivity index (χ1n) is 10.6. The van der Waals surface area contributed by atoms with Gasteiger partial charge in [-0.05, 0) is 69.2 Å². The third-order valence-corrected chi connectivity index (χ3v) is 6.15. The Hall–Kier alpha value is -4.45. The number of nitrogens with zero attached hydrogens (tertiary/aromatic N) is 10. The van der Waals surface area contributed by atoms with Crippen LogP contribution in [0.25, 0.3) is 11.4 Å². The van der Waals surface area contributed by atoms with Crippen molar-refractivity contribution in [1.82, 2.24) is 50.2 Å². The second kappa shape index (κ2) is 8.40. The SMILES string of the molecule is Cc1nn(Cc2ccc(F)cc2)c(Cl)c1C1C=C(c2cccc(-n3cnnn3)c2)Nc2nnnn21. The van der Waals surface area contributed by atoms with Crippen LogP contribution in [0.3, 0.4) is 0 Å². The molecule has 0 fully saturated rings. The maximum Gasteiger partial charge on any atom is 0.248 e. The predicted molar refractivity (Wildman–Crippen MR) is 124 cm³/mol. The van der Waals surface area contributed by atoms with E-state index in [9.17, 15) is 4.39 Å². The van der Waals surface area contributed by atoms with E-state index in [1.54, 1.807) is 26.2 Å². The Morgan fingerprint density at radius 2 is 1.94 bits per heavy atom. The van der Waals surface area contributed by atoms with E-state index in [4.69, 9.17) is 11.6 Å². The molecule has 3 aromatic heterocycles. The lowest BCUT2D eigenvalue weighted by Gasteiger charge is -2.23. The molecule has 1 unspecified atom stereocenters. The highest BCUT2D eigenvalue weighted by atomic mass is 35.5. The molecule has 35 heavy (non-hydrogen) atoms. The third kappa shape index (κ3) is 3.83. The quantitative estimate of drug-likeness (QED) is 0.400. The lowest BCUT2D eigenvalue weighted by molar-refractivity contribution is 0.583. The number of hydrogen-bond donors (Lipinski definition) is 1. The number of aromatic nitrogens is 10. The number of rotatable bonds is 5. The van der Waals surface area contributed by atoms with Gasteiger partial charge in [0.15, 0.2) is 0 Å². The second-order valence-electron chi connectivity index (χ2n) is 7.98. The van der Waals surface area contributed by atoms with E-state index in [0.717, 1.165) is 33.8 Å². The zero-order valence-corrected chi connectivity index (χ0v) is 19.0. The molecular weight excluding hydrogens is 473 g/mol. The molecule has 174 valence electrons. The van der Waals surface area contributed by atoms with Crippen LogP contribution in [0.15, 0.2) is 60.9 Å². The van der Waals surface area contributed by atoms with Crippen LogP contribution in [0.1, 0.15) is 28.4 Å². The molecule has 0 radical (unpaired) electrons. The molecule has 1 aliphatic rings. The normalized spacial score (nSPS) is 14.9. The number of halogens is 2. The van der Waals surface area contributed by atoms with Crippen LogP contribution in [0.2, 0.25) is 5.15 Å². The minimum absolute atomic E-state index is 0.292. The Morgan fingerprint density at radius 1 is 1.09 bits per heavy atom. The van der Waals surface area contributed by atoms with Gasteiger partial charge in [0.25, 0.3) is 0 Å². The van der Waals surface area contributed by atoms with E-state index >= 15 is 0 Å². The Labute approximate surface area is 202 Å². The summed E-state index contributed by atoms with van der Waals surface area (Å²) in [6.07, 6.45) is 3.53. The summed E-state index contributed by atoms with van der Waals surface area (Å²) in [5.74, 6) is 0.182. The lowest BCUT2D eigenvalue weighted by atomic mass is 10.0. The molecule has 1 atom stereocenters. The first-order chi connectivity index (χ1) is 17.1. The standard InChI is InChI=1S/C22H17ClFN11/c1-13-20(21(23)33(28-13)11-14-5-7-16(24)8-6-14)19-10-18(26-22-27-30-32-35(19)22)15-3-2-4-17(9-15)34-12-25-29-31-34/h2-10,12,19H,11H2,1H3,(H,26,27,32). The average molecular weight is 490 g/mol. The van der Waals surface area contributed by atoms with Gasteiger partial charge in [-0.1, -0.05) is 41.0 Å². The first-order valence-corrected chi connectivity index (χ1v) is 11.0. The van der Waals surface area contributed by atoms with Crippen LogP contribution in [-0.2, 0) is 6.54 Å². The van der Waals surface area contributed by atoms with Crippen molar-refractivity contribution in [2.75, 3.05) is 5.32 Å². The number of allylic oxidation sites excluding steroid dienone is 1. The Kier molecular flexibility index (Phi) is 5.07. The third-order valence-electron chi connectivity index (χ3n) is 5.75. The van der Waals surface area contributed by atoms with Gasteiger partial charge in [-0.2, -0.15) is 9.78 Å². The van der Waals surface area contributed by atoms with Crippen molar-refractivity contribution in [2.24, 2.45) is 0 Å². The summed E-state index contributed by atoms with van der Waals surface area (Å²) >= 11 is 6.83. The maximum absolute atomic E-state index is 13.3. The summed E-state index contributed by atoms with van der Waals surface area (Å²) in [6, 6.07) is 13.6. The van der Waals surface area contributed by atoms with E-state index in [1.165, 1.54) is 18.5 Å². The topological polar surface area (TPSA) is 117 Å². The number of fused-ring (bicyclic) bond motifs is 1. The van der Waals surface area contributed by atoms with Crippen molar-refractivity contribution in [3.8, 4) is 5.69 Å². The van der Waals surface area contributed by atoms with Gasteiger partial charge in [-0.3, -0.25) is 0 Å². The van der Waals surface area contributed by atoms with Crippen molar-refractivity contribution in [3.63, 3.8) is 0 Å². The summed E-state index contributed by atoms with van der Waals surface area (Å²) in [7, 11) is 0. The molecule has 2 aromatic carbocycles. The summed E-state index contributed by atoms with van der Waals surface area (Å²) in [6.45, 7) is 2.29. The van der Waals surface area contributed by atoms with Gasteiger partial charge in [0.05, 0.1) is 17.9 Å². The minimum Gasteiger partial charge on any atom is -0.323 e. The largest absolute Gasteiger partial charge is 0.323 e. The summed E-state index contributed by atoms with van der Waals surface area (Å²) in [5, 5.41) is 31.9. The molecule has 0 spiro atoms. The van der Waals surface area contributed by atoms with Gasteiger partial charge >= 0.3 is 0 Å². The van der Waals surface area contributed by atoms with Crippen LogP contribution in [0.5, 0.6) is 0 Å². The highest BCUT2D eigenvalue weighted by Gasteiger charge is 2.30. The van der Waals surface area contributed by atoms with Crippen molar-refractivity contribution in [1.29, 1.82) is 0 Å². The number of benzene rings is 2. The molecule has 0 saturated carbocycles. The molecular formula is C22H17ClFN11. The highest BCUT2D eigenvalue weighted by Crippen LogP contribution is 2.37. The van der Waals surface area contributed by atoms with Crippen LogP contribution in [0, 0.1) is 12.7 Å². The van der Waals surface area contributed by atoms with Crippen LogP contribution < -0.4 is 5.32 Å². The molecule has 0 saturated heterocycles. The van der Waals surface area contributed by atoms with Crippen molar-refractivity contribution >= 4 is 23.2 Å². The van der Waals surface area contributed by atoms with Gasteiger partial charge < -0.3 is 5.32 Å². The fraction of sp³-hybridized carbons (Fsp3) is 0.136. The van der Waals surface area contributed by atoms with E-state index in [1.807, 2.05) is 37.3 Å². The van der Waals surface area contributed by atoms with Crippen LogP contribution in [-0.4, -0.2) is 50.2 Å². The monoisotopic (exact) mass is 489 g/mol. The van der Waals surface area contributed by atoms with Crippen molar-refractivity contribution in [2.45, 2.75) is 19.5 Å². The molecule has 1 aliphatic heterocycles. The van der Waals surface area contributed by atoms with E-state index in [2.05, 4.69) is 41.5 Å². The predicted octanol–water partition coefficient (Wildman–Crippen LogP) is 3.05. The Balaban J connectivity index is 1.40. The van der Waals surface area contributed by atoms with Gasteiger partial charge in [-0.25, -0.2) is 13.8 Å². The van der Waals surface area contributed by atoms with E-state index in [-0.39, 0.29) is 5.82 Å². The summed E-state index contributed by atoms with van der Waals surface area (Å²) in [4.78, 5) is 0. The van der Waals surface area contributed by atoms with Crippen molar-refractivity contribution < 1.29 is 4.39 Å². The van der Waals surface area contributed by atoms with E-state index in [0.29, 0.717) is 17.6 Å². The zero-order valence-electron chi connectivity index (χ0n) is 18.3. The smallest absolute Gasteiger partial charge is 0.248 e. The van der Waals surface area contributed by atoms with Gasteiger partial charge in [0.1, 0.15) is 23.3 Å². The minimum atomic E-state index is -0.401. The van der Waals surface area contributed by atoms with Gasteiger partial charge in [0.2, 0.25) is 5.95 Å². The van der Waals surface area contributed by atoms with E-state index < -0.39 is 6.04 Å². The Bertz CT molecular complexity index is 1540. The van der Waals surface area contributed by atoms with Crippen LogP contribution >= 0.6 is 11.6 Å². The fourth-order valence-corrected chi connectivity index (χ4v) is 4.44. The number of anilines is 1. The zero-order chi connectivity index (χ0) is 23.9. The second-order valence-corrected chi connectivity index (χ2v) is 8.33. The summed E-state index contributed by atoms with van der Waals surface area (Å²) in [5.41, 5.74) is 4.89. The number of tetrazole rings is 2. The maximum atomic E-state index is 13.3. The average Bonchev–Trinajstić information content (AvgIpc) is 3.62. The molecule has 0 amide bonds. The number of hydrogen-bond acceptors (Lipinski definition) is 8. The number of nitrogens with one attached hydrogen (secondary N) is 1. The molecule has 6 rings (SSSR count). The number of aryl methyl sites for hydroxylation is 1. The molecule has 1 N–H and O–H groups in total. The molecule has 13 heteroatoms.